The van der Waals surface area contributed by atoms with Gasteiger partial charge in [0.05, 0.1) is 6.04 Å². The lowest BCUT2D eigenvalue weighted by Crippen LogP contribution is -2.36. The first-order chi connectivity index (χ1) is 6.45. The molecule has 1 aromatic rings. The molecule has 0 radical (unpaired) electrons. The molecule has 1 fully saturated rings. The van der Waals surface area contributed by atoms with Crippen LogP contribution in [0.3, 0.4) is 0 Å². The Hall–Kier alpha value is -0.800. The van der Waals surface area contributed by atoms with E-state index in [-0.39, 0.29) is 12.4 Å². The number of halogens is 1. The molecule has 0 amide bonds. The Morgan fingerprint density at radius 2 is 2.43 bits per heavy atom. The fourth-order valence-electron chi connectivity index (χ4n) is 2.18. The van der Waals surface area contributed by atoms with Crippen molar-refractivity contribution in [2.45, 2.75) is 25.0 Å². The molecule has 2 aliphatic rings. The number of nitrogens with zero attached hydrogens (tertiary/aromatic N) is 1. The van der Waals surface area contributed by atoms with Gasteiger partial charge in [0.15, 0.2) is 0 Å². The Kier molecular flexibility index (Phi) is 2.61. The van der Waals surface area contributed by atoms with Gasteiger partial charge < -0.3 is 10.1 Å². The van der Waals surface area contributed by atoms with Crippen molar-refractivity contribution in [1.82, 2.24) is 10.3 Å². The minimum atomic E-state index is 0. The van der Waals surface area contributed by atoms with Crippen LogP contribution in [0.2, 0.25) is 0 Å². The number of nitrogens with one attached hydrogen (secondary N) is 1. The largest absolute Gasteiger partial charge is 0.472 e. The quantitative estimate of drug-likeness (QED) is 0.711. The minimum Gasteiger partial charge on any atom is -0.472 e. The summed E-state index contributed by atoms with van der Waals surface area (Å²) < 4.78 is 5.74. The second-order valence-corrected chi connectivity index (χ2v) is 3.63. The van der Waals surface area contributed by atoms with E-state index in [1.807, 2.05) is 6.07 Å². The summed E-state index contributed by atoms with van der Waals surface area (Å²) in [7, 11) is 0. The molecule has 1 N–H and O–H groups in total. The van der Waals surface area contributed by atoms with Crippen LogP contribution >= 0.6 is 12.4 Å². The molecule has 0 aromatic carbocycles. The summed E-state index contributed by atoms with van der Waals surface area (Å²) in [5, 5.41) is 3.47. The molecule has 2 unspecified atom stereocenters. The summed E-state index contributed by atoms with van der Waals surface area (Å²) in [5.74, 6) is 0.826. The average molecular weight is 213 g/mol. The SMILES string of the molecule is Cl.c1cnc2c(c1)C1NCCCC1O2. The first-order valence-electron chi connectivity index (χ1n) is 4.80. The maximum atomic E-state index is 5.74. The minimum absolute atomic E-state index is 0. The van der Waals surface area contributed by atoms with Crippen molar-refractivity contribution in [3.05, 3.63) is 23.9 Å². The van der Waals surface area contributed by atoms with Gasteiger partial charge >= 0.3 is 0 Å². The van der Waals surface area contributed by atoms with E-state index in [1.54, 1.807) is 6.20 Å². The fraction of sp³-hybridized carbons (Fsp3) is 0.500. The Bertz CT molecular complexity index is 332. The van der Waals surface area contributed by atoms with Crippen LogP contribution in [0.4, 0.5) is 0 Å². The zero-order valence-electron chi connectivity index (χ0n) is 7.77. The molecule has 3 heterocycles. The van der Waals surface area contributed by atoms with E-state index in [4.69, 9.17) is 4.74 Å². The van der Waals surface area contributed by atoms with Crippen molar-refractivity contribution in [2.24, 2.45) is 0 Å². The third kappa shape index (κ3) is 1.37. The molecule has 0 aliphatic carbocycles. The smallest absolute Gasteiger partial charge is 0.218 e. The van der Waals surface area contributed by atoms with E-state index < -0.39 is 0 Å². The Labute approximate surface area is 89.3 Å². The van der Waals surface area contributed by atoms with Crippen molar-refractivity contribution in [1.29, 1.82) is 0 Å². The highest BCUT2D eigenvalue weighted by atomic mass is 35.5. The first-order valence-corrected chi connectivity index (χ1v) is 4.80. The van der Waals surface area contributed by atoms with Crippen LogP contribution < -0.4 is 10.1 Å². The van der Waals surface area contributed by atoms with Crippen LogP contribution in [-0.2, 0) is 0 Å². The number of piperidine rings is 1. The van der Waals surface area contributed by atoms with Crippen LogP contribution in [0.5, 0.6) is 5.88 Å². The van der Waals surface area contributed by atoms with Gasteiger partial charge in [-0.15, -0.1) is 12.4 Å². The van der Waals surface area contributed by atoms with Crippen LogP contribution in [0.1, 0.15) is 24.4 Å². The molecule has 2 atom stereocenters. The Morgan fingerprint density at radius 3 is 3.36 bits per heavy atom. The predicted molar refractivity (Wildman–Crippen MR) is 55.9 cm³/mol. The van der Waals surface area contributed by atoms with Crippen molar-refractivity contribution in [3.63, 3.8) is 0 Å². The maximum absolute atomic E-state index is 5.74. The van der Waals surface area contributed by atoms with Gasteiger partial charge in [0.2, 0.25) is 5.88 Å². The van der Waals surface area contributed by atoms with Crippen molar-refractivity contribution in [2.75, 3.05) is 6.54 Å². The molecule has 3 nitrogen and oxygen atoms in total. The van der Waals surface area contributed by atoms with Gasteiger partial charge in [-0.3, -0.25) is 0 Å². The number of aromatic nitrogens is 1. The lowest BCUT2D eigenvalue weighted by Gasteiger charge is -2.24. The molecule has 1 saturated heterocycles. The van der Waals surface area contributed by atoms with Gasteiger partial charge in [0.1, 0.15) is 6.10 Å². The predicted octanol–water partition coefficient (Wildman–Crippen LogP) is 1.69. The molecular formula is C10H13ClN2O. The number of ether oxygens (including phenoxy) is 1. The van der Waals surface area contributed by atoms with Gasteiger partial charge in [0.25, 0.3) is 0 Å². The highest BCUT2D eigenvalue weighted by molar-refractivity contribution is 5.85. The van der Waals surface area contributed by atoms with E-state index >= 15 is 0 Å². The van der Waals surface area contributed by atoms with E-state index in [0.717, 1.165) is 18.8 Å². The van der Waals surface area contributed by atoms with E-state index in [1.165, 1.54) is 12.0 Å². The second kappa shape index (κ2) is 3.75. The monoisotopic (exact) mass is 212 g/mol. The molecule has 0 saturated carbocycles. The van der Waals surface area contributed by atoms with Crippen molar-refractivity contribution in [3.8, 4) is 5.88 Å². The third-order valence-corrected chi connectivity index (χ3v) is 2.80. The Balaban J connectivity index is 0.000000750. The normalized spacial score (nSPS) is 28.3. The van der Waals surface area contributed by atoms with Gasteiger partial charge in [-0.25, -0.2) is 4.98 Å². The van der Waals surface area contributed by atoms with Crippen LogP contribution in [0.15, 0.2) is 18.3 Å². The average Bonchev–Trinajstić information content (AvgIpc) is 2.56. The zero-order valence-corrected chi connectivity index (χ0v) is 8.59. The second-order valence-electron chi connectivity index (χ2n) is 3.63. The molecule has 3 rings (SSSR count). The molecule has 1 aromatic heterocycles. The molecule has 4 heteroatoms. The molecular weight excluding hydrogens is 200 g/mol. The Morgan fingerprint density at radius 1 is 1.50 bits per heavy atom. The summed E-state index contributed by atoms with van der Waals surface area (Å²) in [5.41, 5.74) is 1.23. The number of pyridine rings is 1. The summed E-state index contributed by atoms with van der Waals surface area (Å²) in [6, 6.07) is 4.46. The zero-order chi connectivity index (χ0) is 8.67. The lowest BCUT2D eigenvalue weighted by molar-refractivity contribution is 0.150. The topological polar surface area (TPSA) is 34.2 Å². The van der Waals surface area contributed by atoms with Crippen LogP contribution in [0.25, 0.3) is 0 Å². The van der Waals surface area contributed by atoms with E-state index in [9.17, 15) is 0 Å². The summed E-state index contributed by atoms with van der Waals surface area (Å²) in [4.78, 5) is 4.22. The van der Waals surface area contributed by atoms with E-state index in [2.05, 4.69) is 16.4 Å². The highest BCUT2D eigenvalue weighted by Crippen LogP contribution is 2.37. The first kappa shape index (κ1) is 9.74. The maximum Gasteiger partial charge on any atom is 0.218 e. The molecule has 2 aliphatic heterocycles. The highest BCUT2D eigenvalue weighted by Gasteiger charge is 2.36. The number of hydrogen-bond acceptors (Lipinski definition) is 3. The molecule has 76 valence electrons. The van der Waals surface area contributed by atoms with Gasteiger partial charge in [-0.2, -0.15) is 0 Å². The number of rotatable bonds is 0. The summed E-state index contributed by atoms with van der Waals surface area (Å²) >= 11 is 0. The lowest BCUT2D eigenvalue weighted by atomic mass is 9.98. The van der Waals surface area contributed by atoms with Crippen LogP contribution in [0, 0.1) is 0 Å². The van der Waals surface area contributed by atoms with Gasteiger partial charge in [-0.1, -0.05) is 6.07 Å². The third-order valence-electron chi connectivity index (χ3n) is 2.80. The van der Waals surface area contributed by atoms with Crippen molar-refractivity contribution < 1.29 is 4.74 Å². The number of hydrogen-bond donors (Lipinski definition) is 1. The molecule has 0 spiro atoms. The van der Waals surface area contributed by atoms with Crippen molar-refractivity contribution >= 4 is 12.4 Å². The molecule has 0 bridgehead atoms. The molecule has 14 heavy (non-hydrogen) atoms. The number of fused-ring (bicyclic) bond motifs is 3. The summed E-state index contributed by atoms with van der Waals surface area (Å²) in [6.07, 6.45) is 4.46. The van der Waals surface area contributed by atoms with Crippen LogP contribution in [-0.4, -0.2) is 17.6 Å². The standard InChI is InChI=1S/C10H12N2O.ClH/c1-3-7-9-8(4-2-5-11-9)13-10(7)12-6-1;/h1,3,6,8-9,11H,2,4-5H2;1H. The summed E-state index contributed by atoms with van der Waals surface area (Å²) in [6.45, 7) is 1.10. The fourth-order valence-corrected chi connectivity index (χ4v) is 2.18. The van der Waals surface area contributed by atoms with Gasteiger partial charge in [-0.05, 0) is 25.5 Å². The van der Waals surface area contributed by atoms with Gasteiger partial charge in [0, 0.05) is 11.8 Å². The van der Waals surface area contributed by atoms with E-state index in [0.29, 0.717) is 12.1 Å².